The Morgan fingerprint density at radius 2 is 1.83 bits per heavy atom. The Kier molecular flexibility index (Phi) is 5.32. The van der Waals surface area contributed by atoms with Gasteiger partial charge in [-0.15, -0.1) is 0 Å². The summed E-state index contributed by atoms with van der Waals surface area (Å²) in [5.41, 5.74) is 6.64. The molecule has 0 radical (unpaired) electrons. The van der Waals surface area contributed by atoms with Gasteiger partial charge in [0.15, 0.2) is 5.65 Å². The first-order chi connectivity index (χ1) is 16.9. The van der Waals surface area contributed by atoms with E-state index < -0.39 is 11.6 Å². The van der Waals surface area contributed by atoms with E-state index in [4.69, 9.17) is 15.5 Å². The summed E-state index contributed by atoms with van der Waals surface area (Å²) in [5.74, 6) is -1.12. The van der Waals surface area contributed by atoms with Crippen molar-refractivity contribution in [1.82, 2.24) is 19.5 Å². The van der Waals surface area contributed by atoms with Gasteiger partial charge in [0.2, 0.25) is 17.8 Å². The molecular weight excluding hydrogens is 456 g/mol. The van der Waals surface area contributed by atoms with Gasteiger partial charge in [-0.05, 0) is 50.7 Å². The Morgan fingerprint density at radius 1 is 1.11 bits per heavy atom. The smallest absolute Gasteiger partial charge is 0.224 e. The van der Waals surface area contributed by atoms with Crippen molar-refractivity contribution in [3.63, 3.8) is 0 Å². The lowest BCUT2D eigenvalue weighted by Crippen LogP contribution is -2.56. The Hall–Kier alpha value is -3.34. The van der Waals surface area contributed by atoms with Crippen LogP contribution in [0.3, 0.4) is 0 Å². The molecule has 3 heterocycles. The van der Waals surface area contributed by atoms with E-state index in [1.807, 2.05) is 4.57 Å². The first-order valence-electron chi connectivity index (χ1n) is 12.0. The highest BCUT2D eigenvalue weighted by atomic mass is 19.1. The molecule has 9 nitrogen and oxygen atoms in total. The fourth-order valence-corrected chi connectivity index (χ4v) is 5.64. The van der Waals surface area contributed by atoms with E-state index in [1.54, 1.807) is 6.20 Å². The highest BCUT2D eigenvalue weighted by molar-refractivity contribution is 5.78. The van der Waals surface area contributed by atoms with Gasteiger partial charge in [-0.1, -0.05) is 6.07 Å². The number of primary amides is 1. The number of ether oxygens (including phenoxy) is 1. The minimum Gasteiger partial charge on any atom is -0.380 e. The fraction of sp³-hybridized carbons (Fsp3) is 0.500. The number of fused-ring (bicyclic) bond motifs is 1. The molecule has 1 aliphatic heterocycles. The van der Waals surface area contributed by atoms with Crippen molar-refractivity contribution in [3.05, 3.63) is 36.0 Å². The topological polar surface area (TPSA) is 120 Å². The molecule has 184 valence electrons. The van der Waals surface area contributed by atoms with Gasteiger partial charge >= 0.3 is 0 Å². The molecule has 6 rings (SSSR count). The van der Waals surface area contributed by atoms with Gasteiger partial charge in [0.1, 0.15) is 22.8 Å². The summed E-state index contributed by atoms with van der Waals surface area (Å²) in [6.45, 7) is 1.63. The van der Waals surface area contributed by atoms with Crippen molar-refractivity contribution in [2.45, 2.75) is 50.6 Å². The summed E-state index contributed by atoms with van der Waals surface area (Å²) in [6, 6.07) is 3.92. The van der Waals surface area contributed by atoms with Crippen LogP contribution >= 0.6 is 0 Å². The zero-order valence-corrected chi connectivity index (χ0v) is 19.1. The van der Waals surface area contributed by atoms with Crippen molar-refractivity contribution in [2.24, 2.45) is 17.1 Å². The molecule has 4 N–H and O–H groups in total. The van der Waals surface area contributed by atoms with E-state index in [-0.39, 0.29) is 35.5 Å². The number of amides is 1. The van der Waals surface area contributed by atoms with Crippen LogP contribution in [0.5, 0.6) is 0 Å². The highest BCUT2D eigenvalue weighted by Crippen LogP contribution is 2.47. The molecule has 3 aliphatic rings. The van der Waals surface area contributed by atoms with Crippen LogP contribution in [0, 0.1) is 23.0 Å². The third-order valence-electron chi connectivity index (χ3n) is 7.61. The maximum atomic E-state index is 14.4. The zero-order valence-electron chi connectivity index (χ0n) is 19.1. The summed E-state index contributed by atoms with van der Waals surface area (Å²) in [5, 5.41) is 6.25. The molecule has 3 fully saturated rings. The van der Waals surface area contributed by atoms with Gasteiger partial charge in [0.25, 0.3) is 0 Å². The SMILES string of the molecule is NC(=O)[C@H]1CC[C@H](n2c(Nc3c(F)cccc3F)nc3cnc(NC4CC5(COC5)C4)nc32)CC1. The molecule has 1 spiro atoms. The van der Waals surface area contributed by atoms with E-state index in [9.17, 15) is 13.6 Å². The number of para-hydroxylation sites is 1. The van der Waals surface area contributed by atoms with Crippen LogP contribution in [0.1, 0.15) is 44.6 Å². The van der Waals surface area contributed by atoms with Crippen LogP contribution in [0.25, 0.3) is 11.2 Å². The number of anilines is 3. The lowest BCUT2D eigenvalue weighted by molar-refractivity contribution is -0.160. The quantitative estimate of drug-likeness (QED) is 0.489. The molecule has 1 aromatic carbocycles. The Labute approximate surface area is 200 Å². The maximum absolute atomic E-state index is 14.4. The molecule has 2 aromatic heterocycles. The fourth-order valence-electron chi connectivity index (χ4n) is 5.64. The van der Waals surface area contributed by atoms with Gasteiger partial charge in [0, 0.05) is 23.4 Å². The van der Waals surface area contributed by atoms with Gasteiger partial charge in [-0.25, -0.2) is 18.7 Å². The summed E-state index contributed by atoms with van der Waals surface area (Å²) >= 11 is 0. The average Bonchev–Trinajstić information content (AvgIpc) is 3.14. The van der Waals surface area contributed by atoms with Crippen molar-refractivity contribution >= 4 is 34.7 Å². The minimum atomic E-state index is -0.714. The van der Waals surface area contributed by atoms with Gasteiger partial charge in [-0.3, -0.25) is 9.36 Å². The maximum Gasteiger partial charge on any atom is 0.224 e. The van der Waals surface area contributed by atoms with Crippen LogP contribution in [0.4, 0.5) is 26.4 Å². The Bertz CT molecular complexity index is 1260. The van der Waals surface area contributed by atoms with Crippen LogP contribution in [-0.2, 0) is 9.53 Å². The van der Waals surface area contributed by atoms with Gasteiger partial charge < -0.3 is 21.1 Å². The molecule has 35 heavy (non-hydrogen) atoms. The summed E-state index contributed by atoms with van der Waals surface area (Å²) in [4.78, 5) is 25.4. The molecule has 11 heteroatoms. The Morgan fingerprint density at radius 3 is 2.46 bits per heavy atom. The molecule has 3 aromatic rings. The summed E-state index contributed by atoms with van der Waals surface area (Å²) < 4.78 is 36.1. The molecule has 0 bridgehead atoms. The number of nitrogens with one attached hydrogen (secondary N) is 2. The number of aromatic nitrogens is 4. The molecular formula is C24H27F2N7O2. The third-order valence-corrected chi connectivity index (χ3v) is 7.61. The number of benzene rings is 1. The van der Waals surface area contributed by atoms with E-state index in [1.165, 1.54) is 18.2 Å². The van der Waals surface area contributed by atoms with Crippen molar-refractivity contribution in [2.75, 3.05) is 23.8 Å². The average molecular weight is 484 g/mol. The normalized spacial score (nSPS) is 23.6. The second-order valence-electron chi connectivity index (χ2n) is 10.1. The van der Waals surface area contributed by atoms with Crippen LogP contribution in [0.15, 0.2) is 24.4 Å². The third kappa shape index (κ3) is 3.97. The summed E-state index contributed by atoms with van der Waals surface area (Å²) in [6.07, 6.45) is 6.27. The molecule has 0 unspecified atom stereocenters. The molecule has 0 atom stereocenters. The van der Waals surface area contributed by atoms with Crippen LogP contribution in [0.2, 0.25) is 0 Å². The second kappa shape index (κ2) is 8.40. The number of imidazole rings is 1. The van der Waals surface area contributed by atoms with E-state index >= 15 is 0 Å². The van der Waals surface area contributed by atoms with E-state index in [0.717, 1.165) is 26.1 Å². The van der Waals surface area contributed by atoms with Crippen molar-refractivity contribution in [3.8, 4) is 0 Å². The van der Waals surface area contributed by atoms with Crippen LogP contribution in [-0.4, -0.2) is 44.7 Å². The molecule has 1 amide bonds. The lowest BCUT2D eigenvalue weighted by atomic mass is 9.64. The number of carbonyl (C=O) groups excluding carboxylic acids is 1. The second-order valence-corrected chi connectivity index (χ2v) is 10.1. The number of carbonyl (C=O) groups is 1. The number of hydrogen-bond acceptors (Lipinski definition) is 7. The Balaban J connectivity index is 1.33. The number of halogens is 2. The number of nitrogens with two attached hydrogens (primary N) is 1. The van der Waals surface area contributed by atoms with Gasteiger partial charge in [-0.2, -0.15) is 4.98 Å². The summed E-state index contributed by atoms with van der Waals surface area (Å²) in [7, 11) is 0. The number of hydrogen-bond donors (Lipinski definition) is 3. The first-order valence-corrected chi connectivity index (χ1v) is 12.0. The standard InChI is InChI=1S/C24H27F2N7O2/c25-16-2-1-3-17(26)19(16)31-23-30-18-10-28-22(29-14-8-24(9-14)11-35-12-24)32-21(18)33(23)15-6-4-13(5-7-15)20(27)34/h1-3,10,13-15H,4-9,11-12H2,(H2,27,34)(H,30,31)(H,28,29,32)/t13-,15-. The molecule has 2 aliphatic carbocycles. The number of rotatable bonds is 6. The minimum absolute atomic E-state index is 0.0604. The van der Waals surface area contributed by atoms with Gasteiger partial charge in [0.05, 0.1) is 19.4 Å². The van der Waals surface area contributed by atoms with E-state index in [2.05, 4.69) is 20.6 Å². The predicted octanol–water partition coefficient (Wildman–Crippen LogP) is 3.66. The van der Waals surface area contributed by atoms with E-state index in [0.29, 0.717) is 48.2 Å². The predicted molar refractivity (Wildman–Crippen MR) is 125 cm³/mol. The largest absolute Gasteiger partial charge is 0.380 e. The highest BCUT2D eigenvalue weighted by Gasteiger charge is 2.50. The molecule has 2 saturated carbocycles. The van der Waals surface area contributed by atoms with Crippen molar-refractivity contribution < 1.29 is 18.3 Å². The van der Waals surface area contributed by atoms with Crippen LogP contribution < -0.4 is 16.4 Å². The number of nitrogens with zero attached hydrogens (tertiary/aromatic N) is 4. The molecule has 1 saturated heterocycles. The monoisotopic (exact) mass is 483 g/mol. The lowest BCUT2D eigenvalue weighted by Gasteiger charge is -2.53. The first kappa shape index (κ1) is 22.1. The van der Waals surface area contributed by atoms with Crippen molar-refractivity contribution in [1.29, 1.82) is 0 Å². The zero-order chi connectivity index (χ0) is 24.2.